The minimum Gasteiger partial charge on any atom is -0.208 e. The van der Waals surface area contributed by atoms with E-state index in [0.29, 0.717) is 17.5 Å². The van der Waals surface area contributed by atoms with Crippen molar-refractivity contribution in [3.05, 3.63) is 200 Å². The zero-order valence-electron chi connectivity index (χ0n) is 31.4. The molecular weight excluding hydrogens is 703 g/mol. The van der Waals surface area contributed by atoms with Crippen molar-refractivity contribution in [2.45, 2.75) is 0 Å². The van der Waals surface area contributed by atoms with Crippen molar-refractivity contribution in [2.24, 2.45) is 0 Å². The highest BCUT2D eigenvalue weighted by atomic mass is 15.0. The van der Waals surface area contributed by atoms with Crippen LogP contribution in [0.2, 0.25) is 0 Å². The van der Waals surface area contributed by atoms with Gasteiger partial charge < -0.3 is 0 Å². The van der Waals surface area contributed by atoms with Gasteiger partial charge in [-0.2, -0.15) is 0 Å². The van der Waals surface area contributed by atoms with E-state index in [1.54, 1.807) is 0 Å². The Balaban J connectivity index is 1.32. The number of hydrogen-bond acceptors (Lipinski definition) is 3. The molecule has 268 valence electrons. The third-order valence-corrected chi connectivity index (χ3v) is 11.8. The molecule has 0 saturated heterocycles. The van der Waals surface area contributed by atoms with Crippen LogP contribution >= 0.6 is 0 Å². The van der Waals surface area contributed by atoms with Gasteiger partial charge in [-0.15, -0.1) is 0 Å². The van der Waals surface area contributed by atoms with Gasteiger partial charge in [0.15, 0.2) is 17.5 Å². The molecule has 0 saturated carbocycles. The van der Waals surface area contributed by atoms with Crippen molar-refractivity contribution >= 4 is 86.2 Å². The van der Waals surface area contributed by atoms with Crippen molar-refractivity contribution in [3.8, 4) is 34.2 Å². The molecule has 0 aliphatic rings. The van der Waals surface area contributed by atoms with E-state index in [2.05, 4.69) is 164 Å². The number of hydrogen-bond donors (Lipinski definition) is 0. The SMILES string of the molecule is c1ccc(-c2nc(-c3ccccc3)nc(-c3ccc4c5ccccc5c5ccccc5c5ccccc5c5c(cc6ccc7cccc8ccc5c6c78)c4c3)n2)cc1. The van der Waals surface area contributed by atoms with E-state index in [-0.39, 0.29) is 0 Å². The molecule has 12 rings (SSSR count). The fourth-order valence-electron chi connectivity index (χ4n) is 9.23. The predicted molar refractivity (Wildman–Crippen MR) is 245 cm³/mol. The zero-order valence-corrected chi connectivity index (χ0v) is 31.4. The Hall–Kier alpha value is -7.75. The Kier molecular flexibility index (Phi) is 7.23. The minimum absolute atomic E-state index is 0.630. The van der Waals surface area contributed by atoms with Crippen molar-refractivity contribution in [1.29, 1.82) is 0 Å². The summed E-state index contributed by atoms with van der Waals surface area (Å²) in [6.45, 7) is 0. The highest BCUT2D eigenvalue weighted by Gasteiger charge is 2.17. The summed E-state index contributed by atoms with van der Waals surface area (Å²) in [6, 6.07) is 72.1. The first-order chi connectivity index (χ1) is 28.8. The summed E-state index contributed by atoms with van der Waals surface area (Å²) in [6.07, 6.45) is 0. The summed E-state index contributed by atoms with van der Waals surface area (Å²) < 4.78 is 0. The van der Waals surface area contributed by atoms with Gasteiger partial charge in [0.25, 0.3) is 0 Å². The topological polar surface area (TPSA) is 38.7 Å². The van der Waals surface area contributed by atoms with E-state index >= 15 is 0 Å². The molecule has 0 aliphatic carbocycles. The molecule has 11 aromatic carbocycles. The van der Waals surface area contributed by atoms with Gasteiger partial charge in [-0.25, -0.2) is 15.0 Å². The lowest BCUT2D eigenvalue weighted by Crippen LogP contribution is -2.00. The van der Waals surface area contributed by atoms with Gasteiger partial charge >= 0.3 is 0 Å². The van der Waals surface area contributed by atoms with Crippen molar-refractivity contribution in [2.75, 3.05) is 0 Å². The fraction of sp³-hybridized carbons (Fsp3) is 0. The molecule has 1 aromatic heterocycles. The highest BCUT2D eigenvalue weighted by molar-refractivity contribution is 6.36. The van der Waals surface area contributed by atoms with Crippen LogP contribution in [-0.4, -0.2) is 15.0 Å². The minimum atomic E-state index is 0.630. The van der Waals surface area contributed by atoms with Gasteiger partial charge in [0, 0.05) is 16.7 Å². The highest BCUT2D eigenvalue weighted by Crippen LogP contribution is 2.44. The molecule has 0 radical (unpaired) electrons. The third kappa shape index (κ3) is 5.04. The number of fused-ring (bicyclic) bond motifs is 11. The molecule has 0 unspecified atom stereocenters. The van der Waals surface area contributed by atoms with Gasteiger partial charge in [-0.1, -0.05) is 188 Å². The average Bonchev–Trinajstić information content (AvgIpc) is 3.30. The zero-order chi connectivity index (χ0) is 38.2. The average molecular weight is 736 g/mol. The molecule has 12 aromatic rings. The van der Waals surface area contributed by atoms with Crippen LogP contribution in [0.4, 0.5) is 0 Å². The second kappa shape index (κ2) is 12.9. The summed E-state index contributed by atoms with van der Waals surface area (Å²) in [4.78, 5) is 15.4. The van der Waals surface area contributed by atoms with Crippen LogP contribution in [0.3, 0.4) is 0 Å². The summed E-state index contributed by atoms with van der Waals surface area (Å²) in [5, 5.41) is 19.5. The molecule has 0 bridgehead atoms. The van der Waals surface area contributed by atoms with Gasteiger partial charge in [0.05, 0.1) is 0 Å². The smallest absolute Gasteiger partial charge is 0.164 e. The van der Waals surface area contributed by atoms with Gasteiger partial charge in [0.2, 0.25) is 0 Å². The maximum atomic E-state index is 5.18. The molecule has 0 N–H and O–H groups in total. The Labute approximate surface area is 334 Å². The lowest BCUT2D eigenvalue weighted by molar-refractivity contribution is 1.07. The van der Waals surface area contributed by atoms with E-state index in [9.17, 15) is 0 Å². The molecule has 3 heteroatoms. The van der Waals surface area contributed by atoms with Gasteiger partial charge in [0.1, 0.15) is 0 Å². The first-order valence-electron chi connectivity index (χ1n) is 19.8. The van der Waals surface area contributed by atoms with E-state index in [0.717, 1.165) is 27.5 Å². The summed E-state index contributed by atoms with van der Waals surface area (Å²) in [5.41, 5.74) is 2.82. The molecular formula is C55H33N3. The van der Waals surface area contributed by atoms with Crippen molar-refractivity contribution < 1.29 is 0 Å². The number of nitrogens with zero attached hydrogens (tertiary/aromatic N) is 3. The molecule has 0 atom stereocenters. The summed E-state index contributed by atoms with van der Waals surface area (Å²) in [7, 11) is 0. The molecule has 0 amide bonds. The molecule has 58 heavy (non-hydrogen) atoms. The van der Waals surface area contributed by atoms with Crippen LogP contribution in [0.5, 0.6) is 0 Å². The summed E-state index contributed by atoms with van der Waals surface area (Å²) in [5.74, 6) is 1.92. The molecule has 1 heterocycles. The van der Waals surface area contributed by atoms with E-state index in [1.807, 2.05) is 36.4 Å². The van der Waals surface area contributed by atoms with Gasteiger partial charge in [-0.05, 0) is 98.3 Å². The van der Waals surface area contributed by atoms with Crippen molar-refractivity contribution in [1.82, 2.24) is 15.0 Å². The maximum absolute atomic E-state index is 5.18. The molecule has 3 nitrogen and oxygen atoms in total. The Morgan fingerprint density at radius 2 is 0.638 bits per heavy atom. The van der Waals surface area contributed by atoms with Crippen LogP contribution in [0.25, 0.3) is 120 Å². The second-order valence-electron chi connectivity index (χ2n) is 15.1. The third-order valence-electron chi connectivity index (χ3n) is 11.8. The van der Waals surface area contributed by atoms with E-state index in [1.165, 1.54) is 75.4 Å². The maximum Gasteiger partial charge on any atom is 0.164 e. The number of rotatable bonds is 3. The van der Waals surface area contributed by atoms with Crippen LogP contribution < -0.4 is 0 Å². The molecule has 0 fully saturated rings. The second-order valence-corrected chi connectivity index (χ2v) is 15.1. The van der Waals surface area contributed by atoms with Crippen LogP contribution in [0.15, 0.2) is 200 Å². The van der Waals surface area contributed by atoms with Gasteiger partial charge in [-0.3, -0.25) is 0 Å². The first-order valence-corrected chi connectivity index (χ1v) is 19.8. The quantitative estimate of drug-likeness (QED) is 0.170. The largest absolute Gasteiger partial charge is 0.208 e. The summed E-state index contributed by atoms with van der Waals surface area (Å²) >= 11 is 0. The van der Waals surface area contributed by atoms with Crippen LogP contribution in [-0.2, 0) is 0 Å². The van der Waals surface area contributed by atoms with E-state index < -0.39 is 0 Å². The predicted octanol–water partition coefficient (Wildman–Crippen LogP) is 14.7. The normalized spacial score (nSPS) is 11.8. The lowest BCUT2D eigenvalue weighted by Gasteiger charge is -2.16. The monoisotopic (exact) mass is 735 g/mol. The van der Waals surface area contributed by atoms with Crippen LogP contribution in [0.1, 0.15) is 0 Å². The van der Waals surface area contributed by atoms with E-state index in [4.69, 9.17) is 15.0 Å². The Morgan fingerprint density at radius 3 is 1.21 bits per heavy atom. The molecule has 0 aliphatic heterocycles. The Morgan fingerprint density at radius 1 is 0.207 bits per heavy atom. The number of aromatic nitrogens is 3. The molecule has 0 spiro atoms. The lowest BCUT2D eigenvalue weighted by atomic mass is 9.87. The standard InChI is InChI=1S/C55H33N3/c1-3-14-36(15-4-1)53-56-54(37-16-5-2-6-17-37)58-55(57-53)39-29-30-45-43-23-10-8-21-41(43)40-20-7-9-22-42(40)44-24-11-12-25-46(44)52-47-31-28-35-19-13-18-34-26-27-38(51(47)50(34)35)32-49(52)48(45)33-39/h1-33H. The first kappa shape index (κ1) is 32.5. The Bertz CT molecular complexity index is 3600. The van der Waals surface area contributed by atoms with Crippen molar-refractivity contribution in [3.63, 3.8) is 0 Å². The fourth-order valence-corrected chi connectivity index (χ4v) is 9.23. The van der Waals surface area contributed by atoms with Crippen LogP contribution in [0, 0.1) is 0 Å². The number of benzene rings is 10.